The van der Waals surface area contributed by atoms with Crippen molar-refractivity contribution in [2.24, 2.45) is 0 Å². The van der Waals surface area contributed by atoms with Gasteiger partial charge in [-0.1, -0.05) is 25.4 Å². The van der Waals surface area contributed by atoms with Crippen LogP contribution in [0.4, 0.5) is 5.95 Å². The number of nitrogens with one attached hydrogen (secondary N) is 1. The molecule has 0 spiro atoms. The number of rotatable bonds is 5. The molecule has 0 aliphatic carbocycles. The number of hydrogen-bond donors (Lipinski definition) is 1. The lowest BCUT2D eigenvalue weighted by Gasteiger charge is -2.10. The maximum absolute atomic E-state index is 6.23. The van der Waals surface area contributed by atoms with Gasteiger partial charge in [0.1, 0.15) is 9.98 Å². The molecule has 0 radical (unpaired) electrons. The molecular formula is C13H19ClN4S. The highest BCUT2D eigenvalue weighted by molar-refractivity contribution is 7.18. The molecule has 2 aromatic heterocycles. The summed E-state index contributed by atoms with van der Waals surface area (Å²) in [4.78, 5) is 13.2. The summed E-state index contributed by atoms with van der Waals surface area (Å²) in [6, 6.07) is 2.09. The minimum atomic E-state index is 0.486. The first-order valence-electron chi connectivity index (χ1n) is 6.33. The first kappa shape index (κ1) is 14.5. The molecule has 2 rings (SSSR count). The summed E-state index contributed by atoms with van der Waals surface area (Å²) in [6.45, 7) is 6.07. The van der Waals surface area contributed by atoms with E-state index in [0.29, 0.717) is 17.0 Å². The molecule has 6 heteroatoms. The first-order chi connectivity index (χ1) is 8.97. The highest BCUT2D eigenvalue weighted by Crippen LogP contribution is 2.33. The van der Waals surface area contributed by atoms with Gasteiger partial charge in [0.2, 0.25) is 5.95 Å². The monoisotopic (exact) mass is 298 g/mol. The van der Waals surface area contributed by atoms with Crippen LogP contribution in [0.5, 0.6) is 0 Å². The van der Waals surface area contributed by atoms with Gasteiger partial charge in [0.25, 0.3) is 0 Å². The standard InChI is InChI=1S/C13H19ClN4S/c1-8(2)10-7-9-11(14)16-13(17-12(9)19-10)15-5-6-18(3)4/h7-8H,5-6H2,1-4H3,(H,15,16,17). The van der Waals surface area contributed by atoms with E-state index >= 15 is 0 Å². The summed E-state index contributed by atoms with van der Waals surface area (Å²) in [5, 5.41) is 4.69. The number of likely N-dealkylation sites (N-methyl/N-ethyl adjacent to an activating group) is 1. The zero-order valence-electron chi connectivity index (χ0n) is 11.7. The third-order valence-electron chi connectivity index (χ3n) is 2.78. The van der Waals surface area contributed by atoms with Crippen LogP contribution >= 0.6 is 22.9 Å². The van der Waals surface area contributed by atoms with Gasteiger partial charge in [0.05, 0.1) is 0 Å². The molecule has 1 N–H and O–H groups in total. The summed E-state index contributed by atoms with van der Waals surface area (Å²) >= 11 is 7.91. The summed E-state index contributed by atoms with van der Waals surface area (Å²) in [6.07, 6.45) is 0. The lowest BCUT2D eigenvalue weighted by atomic mass is 10.2. The van der Waals surface area contributed by atoms with E-state index in [4.69, 9.17) is 11.6 Å². The van der Waals surface area contributed by atoms with Gasteiger partial charge in [-0.05, 0) is 26.1 Å². The van der Waals surface area contributed by atoms with Gasteiger partial charge < -0.3 is 10.2 Å². The average Bonchev–Trinajstić information content (AvgIpc) is 2.73. The fraction of sp³-hybridized carbons (Fsp3) is 0.538. The quantitative estimate of drug-likeness (QED) is 0.859. The molecule has 0 saturated carbocycles. The molecule has 0 aliphatic heterocycles. The Labute approximate surface area is 122 Å². The number of aromatic nitrogens is 2. The van der Waals surface area contributed by atoms with Crippen LogP contribution in [0.25, 0.3) is 10.2 Å². The Bertz CT molecular complexity index is 565. The maximum atomic E-state index is 6.23. The Hall–Kier alpha value is -0.910. The summed E-state index contributed by atoms with van der Waals surface area (Å²) in [7, 11) is 4.07. The van der Waals surface area contributed by atoms with Gasteiger partial charge in [-0.15, -0.1) is 11.3 Å². The average molecular weight is 299 g/mol. The molecule has 0 fully saturated rings. The second-order valence-corrected chi connectivity index (χ2v) is 6.51. The van der Waals surface area contributed by atoms with E-state index in [1.54, 1.807) is 11.3 Å². The van der Waals surface area contributed by atoms with E-state index in [-0.39, 0.29) is 0 Å². The zero-order valence-corrected chi connectivity index (χ0v) is 13.3. The zero-order chi connectivity index (χ0) is 14.0. The number of hydrogen-bond acceptors (Lipinski definition) is 5. The third kappa shape index (κ3) is 3.55. The molecule has 4 nitrogen and oxygen atoms in total. The first-order valence-corrected chi connectivity index (χ1v) is 7.52. The summed E-state index contributed by atoms with van der Waals surface area (Å²) in [5.41, 5.74) is 0. The fourth-order valence-electron chi connectivity index (χ4n) is 1.66. The normalized spacial score (nSPS) is 11.7. The van der Waals surface area contributed by atoms with Crippen molar-refractivity contribution in [1.29, 1.82) is 0 Å². The molecule has 104 valence electrons. The van der Waals surface area contributed by atoms with Crippen LogP contribution in [-0.4, -0.2) is 42.1 Å². The van der Waals surface area contributed by atoms with Crippen LogP contribution in [0.1, 0.15) is 24.6 Å². The van der Waals surface area contributed by atoms with Crippen molar-refractivity contribution in [3.63, 3.8) is 0 Å². The van der Waals surface area contributed by atoms with Gasteiger partial charge in [0, 0.05) is 23.4 Å². The van der Waals surface area contributed by atoms with Crippen LogP contribution in [0.3, 0.4) is 0 Å². The Kier molecular flexibility index (Phi) is 4.60. The lowest BCUT2D eigenvalue weighted by molar-refractivity contribution is 0.425. The molecule has 0 bridgehead atoms. The summed E-state index contributed by atoms with van der Waals surface area (Å²) < 4.78 is 0. The number of halogens is 1. The molecule has 2 aromatic rings. The highest BCUT2D eigenvalue weighted by Gasteiger charge is 2.12. The van der Waals surface area contributed by atoms with E-state index in [1.807, 2.05) is 14.1 Å². The van der Waals surface area contributed by atoms with Crippen molar-refractivity contribution in [3.05, 3.63) is 16.1 Å². The number of nitrogens with zero attached hydrogens (tertiary/aromatic N) is 3. The largest absolute Gasteiger partial charge is 0.353 e. The molecule has 0 aromatic carbocycles. The molecule has 2 heterocycles. The van der Waals surface area contributed by atoms with E-state index in [0.717, 1.165) is 23.3 Å². The number of anilines is 1. The van der Waals surface area contributed by atoms with Crippen molar-refractivity contribution < 1.29 is 0 Å². The molecular weight excluding hydrogens is 280 g/mol. The molecule has 19 heavy (non-hydrogen) atoms. The molecule has 0 aliphatic rings. The van der Waals surface area contributed by atoms with Crippen molar-refractivity contribution >= 4 is 39.1 Å². The van der Waals surface area contributed by atoms with Gasteiger partial charge in [-0.25, -0.2) is 9.97 Å². The smallest absolute Gasteiger partial charge is 0.225 e. The van der Waals surface area contributed by atoms with Gasteiger partial charge >= 0.3 is 0 Å². The van der Waals surface area contributed by atoms with E-state index in [1.165, 1.54) is 4.88 Å². The van der Waals surface area contributed by atoms with E-state index in [9.17, 15) is 0 Å². The van der Waals surface area contributed by atoms with Crippen LogP contribution in [0.15, 0.2) is 6.07 Å². The fourth-order valence-corrected chi connectivity index (χ4v) is 2.97. The Morgan fingerprint density at radius 1 is 1.37 bits per heavy atom. The van der Waals surface area contributed by atoms with Crippen molar-refractivity contribution in [1.82, 2.24) is 14.9 Å². The molecule has 0 unspecified atom stereocenters. The Morgan fingerprint density at radius 2 is 2.11 bits per heavy atom. The van der Waals surface area contributed by atoms with E-state index in [2.05, 4.69) is 40.1 Å². The molecule has 0 amide bonds. The highest BCUT2D eigenvalue weighted by atomic mass is 35.5. The van der Waals surface area contributed by atoms with Crippen LogP contribution in [-0.2, 0) is 0 Å². The van der Waals surface area contributed by atoms with E-state index < -0.39 is 0 Å². The minimum absolute atomic E-state index is 0.486. The molecule has 0 saturated heterocycles. The molecule has 0 atom stereocenters. The predicted molar refractivity (Wildman–Crippen MR) is 83.6 cm³/mol. The second-order valence-electron chi connectivity index (χ2n) is 5.09. The minimum Gasteiger partial charge on any atom is -0.353 e. The Balaban J connectivity index is 2.22. The van der Waals surface area contributed by atoms with Gasteiger partial charge in [-0.3, -0.25) is 0 Å². The summed E-state index contributed by atoms with van der Waals surface area (Å²) in [5.74, 6) is 1.09. The van der Waals surface area contributed by atoms with Crippen molar-refractivity contribution in [2.45, 2.75) is 19.8 Å². The van der Waals surface area contributed by atoms with Gasteiger partial charge in [0.15, 0.2) is 0 Å². The van der Waals surface area contributed by atoms with Gasteiger partial charge in [-0.2, -0.15) is 0 Å². The van der Waals surface area contributed by atoms with Crippen LogP contribution in [0, 0.1) is 0 Å². The number of thiophene rings is 1. The van der Waals surface area contributed by atoms with Crippen molar-refractivity contribution in [3.8, 4) is 0 Å². The maximum Gasteiger partial charge on any atom is 0.225 e. The third-order valence-corrected chi connectivity index (χ3v) is 4.39. The lowest BCUT2D eigenvalue weighted by Crippen LogP contribution is -2.21. The predicted octanol–water partition coefficient (Wildman–Crippen LogP) is 3.44. The SMILES string of the molecule is CC(C)c1cc2c(Cl)nc(NCCN(C)C)nc2s1. The topological polar surface area (TPSA) is 41.1 Å². The van der Waals surface area contributed by atoms with Crippen molar-refractivity contribution in [2.75, 3.05) is 32.5 Å². The second kappa shape index (κ2) is 6.03. The van der Waals surface area contributed by atoms with Crippen LogP contribution in [0.2, 0.25) is 5.15 Å². The number of fused-ring (bicyclic) bond motifs is 1. The Morgan fingerprint density at radius 3 is 2.74 bits per heavy atom. The van der Waals surface area contributed by atoms with Crippen LogP contribution < -0.4 is 5.32 Å².